The highest BCUT2D eigenvalue weighted by Gasteiger charge is 2.36. The molecule has 0 radical (unpaired) electrons. The molecule has 1 aromatic heterocycles. The molecule has 2 amide bonds. The molecule has 2 aromatic carbocycles. The van der Waals surface area contributed by atoms with Gasteiger partial charge in [-0.1, -0.05) is 24.3 Å². The Balaban J connectivity index is 1.58. The van der Waals surface area contributed by atoms with Crippen LogP contribution < -0.4 is 15.4 Å². The van der Waals surface area contributed by atoms with Gasteiger partial charge in [0, 0.05) is 5.56 Å². The summed E-state index contributed by atoms with van der Waals surface area (Å²) in [6.07, 6.45) is -0.0825. The van der Waals surface area contributed by atoms with Crippen LogP contribution in [-0.2, 0) is 9.59 Å². The molecule has 4 rings (SSSR count). The molecule has 3 aromatic rings. The number of halogens is 1. The van der Waals surface area contributed by atoms with Crippen LogP contribution in [0.1, 0.15) is 18.2 Å². The average Bonchev–Trinajstić information content (AvgIpc) is 3.17. The maximum absolute atomic E-state index is 13.3. The first-order valence-electron chi connectivity index (χ1n) is 9.06. The van der Waals surface area contributed by atoms with Crippen molar-refractivity contribution in [3.05, 3.63) is 60.0 Å². The molecule has 0 bridgehead atoms. The van der Waals surface area contributed by atoms with E-state index in [9.17, 15) is 14.0 Å². The van der Waals surface area contributed by atoms with Crippen LogP contribution in [-0.4, -0.2) is 28.7 Å². The number of anilines is 2. The van der Waals surface area contributed by atoms with Crippen molar-refractivity contribution in [3.8, 4) is 16.9 Å². The lowest BCUT2D eigenvalue weighted by Gasteiger charge is -2.12. The second kappa shape index (κ2) is 7.38. The largest absolute Gasteiger partial charge is 0.495 e. The fourth-order valence-electron chi connectivity index (χ4n) is 3.47. The summed E-state index contributed by atoms with van der Waals surface area (Å²) in [6, 6.07) is 12.2. The first-order valence-corrected chi connectivity index (χ1v) is 9.06. The molecule has 0 spiro atoms. The number of benzene rings is 2. The van der Waals surface area contributed by atoms with Crippen molar-refractivity contribution in [3.63, 3.8) is 0 Å². The van der Waals surface area contributed by atoms with Crippen LogP contribution in [0.25, 0.3) is 11.1 Å². The summed E-state index contributed by atoms with van der Waals surface area (Å²) in [5.74, 6) is 0.0512. The summed E-state index contributed by atoms with van der Waals surface area (Å²) in [4.78, 5) is 25.1. The van der Waals surface area contributed by atoms with E-state index in [1.165, 1.54) is 23.9 Å². The van der Waals surface area contributed by atoms with Crippen molar-refractivity contribution in [2.75, 3.05) is 17.7 Å². The van der Waals surface area contributed by atoms with Crippen molar-refractivity contribution in [1.29, 1.82) is 0 Å². The highest BCUT2D eigenvalue weighted by molar-refractivity contribution is 6.04. The quantitative estimate of drug-likeness (QED) is 0.693. The molecule has 2 heterocycles. The van der Waals surface area contributed by atoms with E-state index in [-0.39, 0.29) is 24.1 Å². The van der Waals surface area contributed by atoms with Gasteiger partial charge in [0.1, 0.15) is 23.4 Å². The van der Waals surface area contributed by atoms with Crippen LogP contribution in [0.4, 0.5) is 15.9 Å². The zero-order valence-corrected chi connectivity index (χ0v) is 15.9. The zero-order valence-electron chi connectivity index (χ0n) is 15.9. The van der Waals surface area contributed by atoms with Crippen LogP contribution in [0.15, 0.2) is 48.5 Å². The predicted molar refractivity (Wildman–Crippen MR) is 106 cm³/mol. The van der Waals surface area contributed by atoms with Crippen molar-refractivity contribution >= 4 is 23.3 Å². The van der Waals surface area contributed by atoms with Gasteiger partial charge in [0.15, 0.2) is 0 Å². The van der Waals surface area contributed by atoms with E-state index >= 15 is 0 Å². The molecule has 1 aliphatic rings. The molecule has 1 unspecified atom stereocenters. The third-order valence-electron chi connectivity index (χ3n) is 4.82. The Kier molecular flexibility index (Phi) is 4.75. The standard InChI is InChI=1S/C21H19FN4O3/c1-12-19(13-7-9-14(22)10-8-13)20-24-21(28)16(26(20)25-12)11-18(27)23-15-5-3-4-6-17(15)29-2/h3-10,16H,11H2,1-2H3,(H,23,27)(H,24,28). The number of hydrogen-bond acceptors (Lipinski definition) is 4. The van der Waals surface area contributed by atoms with Crippen LogP contribution >= 0.6 is 0 Å². The first kappa shape index (κ1) is 18.7. The fourth-order valence-corrected chi connectivity index (χ4v) is 3.47. The van der Waals surface area contributed by atoms with Crippen LogP contribution in [0.5, 0.6) is 5.75 Å². The molecule has 1 atom stereocenters. The molecule has 148 valence electrons. The van der Waals surface area contributed by atoms with Gasteiger partial charge in [-0.15, -0.1) is 0 Å². The third kappa shape index (κ3) is 3.44. The monoisotopic (exact) mass is 394 g/mol. The number of amides is 2. The Labute approximate surface area is 166 Å². The number of ether oxygens (including phenoxy) is 1. The molecule has 0 fully saturated rings. The normalized spacial score (nSPS) is 15.0. The molecule has 7 nitrogen and oxygen atoms in total. The van der Waals surface area contributed by atoms with Crippen LogP contribution in [0.3, 0.4) is 0 Å². The Morgan fingerprint density at radius 2 is 1.97 bits per heavy atom. The van der Waals surface area contributed by atoms with Gasteiger partial charge in [-0.3, -0.25) is 9.59 Å². The maximum Gasteiger partial charge on any atom is 0.251 e. The second-order valence-corrected chi connectivity index (χ2v) is 6.72. The van der Waals surface area contributed by atoms with Crippen molar-refractivity contribution in [2.24, 2.45) is 0 Å². The van der Waals surface area contributed by atoms with Gasteiger partial charge in [0.25, 0.3) is 5.91 Å². The highest BCUT2D eigenvalue weighted by Crippen LogP contribution is 2.38. The minimum absolute atomic E-state index is 0.0825. The number of aromatic nitrogens is 2. The SMILES string of the molecule is COc1ccccc1NC(=O)CC1C(=O)Nc2c(-c3ccc(F)cc3)c(C)nn21. The lowest BCUT2D eigenvalue weighted by molar-refractivity contribution is -0.123. The molecule has 8 heteroatoms. The number of nitrogens with zero attached hydrogens (tertiary/aromatic N) is 2. The number of nitrogens with one attached hydrogen (secondary N) is 2. The van der Waals surface area contributed by atoms with Crippen molar-refractivity contribution in [2.45, 2.75) is 19.4 Å². The maximum atomic E-state index is 13.3. The van der Waals surface area contributed by atoms with Gasteiger partial charge in [-0.2, -0.15) is 5.10 Å². The number of carbonyl (C=O) groups excluding carboxylic acids is 2. The Hall–Kier alpha value is -3.68. The minimum Gasteiger partial charge on any atom is -0.495 e. The molecule has 0 saturated heterocycles. The smallest absolute Gasteiger partial charge is 0.251 e. The minimum atomic E-state index is -0.771. The number of para-hydroxylation sites is 2. The third-order valence-corrected chi connectivity index (χ3v) is 4.82. The second-order valence-electron chi connectivity index (χ2n) is 6.72. The number of methoxy groups -OCH3 is 1. The summed E-state index contributed by atoms with van der Waals surface area (Å²) in [6.45, 7) is 1.81. The van der Waals surface area contributed by atoms with Gasteiger partial charge < -0.3 is 15.4 Å². The van der Waals surface area contributed by atoms with Gasteiger partial charge in [-0.05, 0) is 36.8 Å². The fraction of sp³-hybridized carbons (Fsp3) is 0.190. The molecule has 29 heavy (non-hydrogen) atoms. The summed E-state index contributed by atoms with van der Waals surface area (Å²) in [7, 11) is 1.52. The van der Waals surface area contributed by atoms with Gasteiger partial charge in [-0.25, -0.2) is 9.07 Å². The van der Waals surface area contributed by atoms with E-state index in [1.807, 2.05) is 6.92 Å². The Bertz CT molecular complexity index is 1090. The summed E-state index contributed by atoms with van der Waals surface area (Å²) < 4.78 is 20.0. The predicted octanol–water partition coefficient (Wildman–Crippen LogP) is 3.53. The summed E-state index contributed by atoms with van der Waals surface area (Å²) >= 11 is 0. The van der Waals surface area contributed by atoms with E-state index in [2.05, 4.69) is 15.7 Å². The Morgan fingerprint density at radius 3 is 2.69 bits per heavy atom. The van der Waals surface area contributed by atoms with E-state index < -0.39 is 6.04 Å². The number of carbonyl (C=O) groups is 2. The van der Waals surface area contributed by atoms with Gasteiger partial charge in [0.05, 0.1) is 24.9 Å². The lowest BCUT2D eigenvalue weighted by atomic mass is 10.1. The molecule has 2 N–H and O–H groups in total. The molecule has 0 saturated carbocycles. The zero-order chi connectivity index (χ0) is 20.5. The van der Waals surface area contributed by atoms with E-state index in [0.29, 0.717) is 28.5 Å². The lowest BCUT2D eigenvalue weighted by Crippen LogP contribution is -2.24. The number of fused-ring (bicyclic) bond motifs is 1. The highest BCUT2D eigenvalue weighted by atomic mass is 19.1. The number of hydrogen-bond donors (Lipinski definition) is 2. The Morgan fingerprint density at radius 1 is 1.24 bits per heavy atom. The topological polar surface area (TPSA) is 85.2 Å². The average molecular weight is 394 g/mol. The van der Waals surface area contributed by atoms with E-state index in [1.54, 1.807) is 36.4 Å². The van der Waals surface area contributed by atoms with Gasteiger partial charge in [0.2, 0.25) is 5.91 Å². The first-order chi connectivity index (χ1) is 14.0. The van der Waals surface area contributed by atoms with Crippen LogP contribution in [0, 0.1) is 12.7 Å². The van der Waals surface area contributed by atoms with Crippen molar-refractivity contribution < 1.29 is 18.7 Å². The number of rotatable bonds is 5. The van der Waals surface area contributed by atoms with E-state index in [0.717, 1.165) is 5.56 Å². The molecule has 1 aliphatic heterocycles. The van der Waals surface area contributed by atoms with Crippen LogP contribution in [0.2, 0.25) is 0 Å². The molecular weight excluding hydrogens is 375 g/mol. The summed E-state index contributed by atoms with van der Waals surface area (Å²) in [5.41, 5.74) is 2.67. The van der Waals surface area contributed by atoms with Gasteiger partial charge >= 0.3 is 0 Å². The van der Waals surface area contributed by atoms with Crippen molar-refractivity contribution in [1.82, 2.24) is 9.78 Å². The number of aryl methyl sites for hydroxylation is 1. The molecular formula is C21H19FN4O3. The van der Waals surface area contributed by atoms with E-state index in [4.69, 9.17) is 4.74 Å². The molecule has 0 aliphatic carbocycles. The summed E-state index contributed by atoms with van der Waals surface area (Å²) in [5, 5.41) is 10.0.